The van der Waals surface area contributed by atoms with Crippen molar-refractivity contribution in [2.75, 3.05) is 6.61 Å². The maximum absolute atomic E-state index is 13.0. The number of phenols is 2. The van der Waals surface area contributed by atoms with Crippen LogP contribution in [0.1, 0.15) is 73.0 Å². The number of aromatic hydroxyl groups is 2. The normalized spacial score (nSPS) is 26.1. The highest BCUT2D eigenvalue weighted by Crippen LogP contribution is 2.42. The predicted octanol–water partition coefficient (Wildman–Crippen LogP) is 5.28. The highest BCUT2D eigenvalue weighted by molar-refractivity contribution is 5.95. The summed E-state index contributed by atoms with van der Waals surface area (Å²) < 4.78 is 11.5. The summed E-state index contributed by atoms with van der Waals surface area (Å²) in [5, 5.41) is 21.2. The lowest BCUT2D eigenvalue weighted by molar-refractivity contribution is 0.0129. The molecule has 1 saturated heterocycles. The van der Waals surface area contributed by atoms with Crippen LogP contribution in [0.5, 0.6) is 11.5 Å². The number of benzene rings is 1. The number of carbonyl (C=O) groups excluding carboxylic acids is 1. The lowest BCUT2D eigenvalue weighted by Gasteiger charge is -2.27. The Kier molecular flexibility index (Phi) is 7.15. The minimum Gasteiger partial charge on any atom is -0.507 e. The molecule has 1 fully saturated rings. The number of carbonyl (C=O) groups is 1. The summed E-state index contributed by atoms with van der Waals surface area (Å²) >= 11 is 0. The van der Waals surface area contributed by atoms with Crippen LogP contribution in [0.15, 0.2) is 42.5 Å². The second kappa shape index (κ2) is 9.79. The molecular formula is C24H30O5. The van der Waals surface area contributed by atoms with Crippen LogP contribution in [0.2, 0.25) is 0 Å². The number of rotatable bonds is 1. The van der Waals surface area contributed by atoms with E-state index in [4.69, 9.17) is 9.47 Å². The summed E-state index contributed by atoms with van der Waals surface area (Å²) in [6.45, 7) is 6.54. The Bertz CT molecular complexity index is 815. The first-order chi connectivity index (χ1) is 14.0. The van der Waals surface area contributed by atoms with Crippen LogP contribution in [0.25, 0.3) is 0 Å². The Morgan fingerprint density at radius 1 is 1.10 bits per heavy atom. The highest BCUT2D eigenvalue weighted by atomic mass is 16.5. The largest absolute Gasteiger partial charge is 0.507 e. The topological polar surface area (TPSA) is 76.0 Å². The second-order valence-electron chi connectivity index (χ2n) is 7.78. The molecule has 1 aromatic rings. The Balaban J connectivity index is 2.09. The molecule has 2 atom stereocenters. The van der Waals surface area contributed by atoms with Crippen molar-refractivity contribution in [2.24, 2.45) is 0 Å². The van der Waals surface area contributed by atoms with Gasteiger partial charge in [0.25, 0.3) is 0 Å². The van der Waals surface area contributed by atoms with Gasteiger partial charge in [0.2, 0.25) is 0 Å². The van der Waals surface area contributed by atoms with Crippen LogP contribution in [0, 0.1) is 0 Å². The molecule has 0 spiro atoms. The lowest BCUT2D eigenvalue weighted by Crippen LogP contribution is -2.20. The molecule has 5 heteroatoms. The standard InChI is InChI=1S/C24H30O5/c1-16-10-6-4-3-5-7-11-17(2)29-24(27)23-18(14-16)22(19(25)15-20(23)26)21-12-8-9-13-28-21/h5-7,10,15,17,21,25-26H,1,3-4,8-9,11-14H2,2H3/b7-5+,10-6+/t17-,21?/m1/s1. The number of cyclic esters (lactones) is 1. The smallest absolute Gasteiger partial charge is 0.342 e. The summed E-state index contributed by atoms with van der Waals surface area (Å²) in [5.41, 5.74) is 1.97. The molecular weight excluding hydrogens is 368 g/mol. The first-order valence-electron chi connectivity index (χ1n) is 10.4. The molecule has 0 amide bonds. The third kappa shape index (κ3) is 5.30. The summed E-state index contributed by atoms with van der Waals surface area (Å²) in [7, 11) is 0. The number of hydrogen-bond donors (Lipinski definition) is 2. The average molecular weight is 398 g/mol. The van der Waals surface area contributed by atoms with Crippen LogP contribution in [-0.4, -0.2) is 28.9 Å². The zero-order valence-electron chi connectivity index (χ0n) is 17.0. The van der Waals surface area contributed by atoms with E-state index in [1.165, 1.54) is 6.07 Å². The van der Waals surface area contributed by atoms with E-state index in [-0.39, 0.29) is 29.3 Å². The molecule has 156 valence electrons. The van der Waals surface area contributed by atoms with Gasteiger partial charge in [-0.2, -0.15) is 0 Å². The van der Waals surface area contributed by atoms with Crippen molar-refractivity contribution in [3.8, 4) is 11.5 Å². The molecule has 1 aromatic carbocycles. The zero-order chi connectivity index (χ0) is 20.8. The monoisotopic (exact) mass is 398 g/mol. The summed E-state index contributed by atoms with van der Waals surface area (Å²) in [6.07, 6.45) is 12.9. The van der Waals surface area contributed by atoms with E-state index in [1.807, 2.05) is 19.1 Å². The van der Waals surface area contributed by atoms with E-state index in [1.54, 1.807) is 0 Å². The van der Waals surface area contributed by atoms with Crippen LogP contribution in [0.4, 0.5) is 0 Å². The van der Waals surface area contributed by atoms with Crippen molar-refractivity contribution in [3.05, 3.63) is 59.2 Å². The van der Waals surface area contributed by atoms with Gasteiger partial charge in [-0.25, -0.2) is 4.79 Å². The fourth-order valence-electron chi connectivity index (χ4n) is 3.89. The molecule has 0 aromatic heterocycles. The van der Waals surface area contributed by atoms with Crippen molar-refractivity contribution < 1.29 is 24.5 Å². The molecule has 29 heavy (non-hydrogen) atoms. The second-order valence-corrected chi connectivity index (χ2v) is 7.78. The Morgan fingerprint density at radius 3 is 2.66 bits per heavy atom. The molecule has 2 aliphatic rings. The number of phenolic OH excluding ortho intramolecular Hbond substituents is 2. The maximum atomic E-state index is 13.0. The van der Waals surface area contributed by atoms with Gasteiger partial charge in [0.05, 0.1) is 6.10 Å². The molecule has 5 nitrogen and oxygen atoms in total. The van der Waals surface area contributed by atoms with Gasteiger partial charge < -0.3 is 19.7 Å². The van der Waals surface area contributed by atoms with Gasteiger partial charge in [0.15, 0.2) is 0 Å². The van der Waals surface area contributed by atoms with Gasteiger partial charge in [-0.1, -0.05) is 36.5 Å². The van der Waals surface area contributed by atoms with Crippen molar-refractivity contribution >= 4 is 5.97 Å². The first kappa shape index (κ1) is 21.2. The molecule has 2 N–H and O–H groups in total. The molecule has 0 bridgehead atoms. The zero-order valence-corrected chi connectivity index (χ0v) is 17.0. The van der Waals surface area contributed by atoms with Crippen LogP contribution < -0.4 is 0 Å². The van der Waals surface area contributed by atoms with E-state index in [2.05, 4.69) is 18.7 Å². The summed E-state index contributed by atoms with van der Waals surface area (Å²) in [5.74, 6) is -0.937. The Morgan fingerprint density at radius 2 is 1.90 bits per heavy atom. The van der Waals surface area contributed by atoms with E-state index in [9.17, 15) is 15.0 Å². The number of hydrogen-bond acceptors (Lipinski definition) is 5. The quantitative estimate of drug-likeness (QED) is 0.497. The third-order valence-corrected chi connectivity index (χ3v) is 5.34. The average Bonchev–Trinajstić information content (AvgIpc) is 2.67. The van der Waals surface area contributed by atoms with Crippen molar-refractivity contribution in [1.29, 1.82) is 0 Å². The minimum absolute atomic E-state index is 0.0603. The fourth-order valence-corrected chi connectivity index (χ4v) is 3.89. The van der Waals surface area contributed by atoms with Crippen LogP contribution >= 0.6 is 0 Å². The van der Waals surface area contributed by atoms with Crippen molar-refractivity contribution in [1.82, 2.24) is 0 Å². The molecule has 0 saturated carbocycles. The van der Waals surface area contributed by atoms with E-state index >= 15 is 0 Å². The lowest BCUT2D eigenvalue weighted by atomic mass is 9.88. The Hall–Kier alpha value is -2.53. The highest BCUT2D eigenvalue weighted by Gasteiger charge is 2.30. The molecule has 2 aliphatic heterocycles. The number of allylic oxidation sites excluding steroid dienone is 4. The number of ether oxygens (including phenoxy) is 2. The van der Waals surface area contributed by atoms with Gasteiger partial charge in [0, 0.05) is 24.7 Å². The summed E-state index contributed by atoms with van der Waals surface area (Å²) in [4.78, 5) is 13.0. The summed E-state index contributed by atoms with van der Waals surface area (Å²) in [6, 6.07) is 1.22. The van der Waals surface area contributed by atoms with Crippen molar-refractivity contribution in [3.63, 3.8) is 0 Å². The number of esters is 1. The fraction of sp³-hybridized carbons (Fsp3) is 0.458. The van der Waals surface area contributed by atoms with E-state index < -0.39 is 5.97 Å². The van der Waals surface area contributed by atoms with Gasteiger partial charge in [-0.05, 0) is 51.0 Å². The molecule has 1 unspecified atom stereocenters. The maximum Gasteiger partial charge on any atom is 0.342 e. The molecule has 0 aliphatic carbocycles. The Labute approximate surface area is 172 Å². The van der Waals surface area contributed by atoms with E-state index in [0.717, 1.165) is 37.7 Å². The molecule has 0 radical (unpaired) electrons. The third-order valence-electron chi connectivity index (χ3n) is 5.34. The van der Waals surface area contributed by atoms with Crippen LogP contribution in [-0.2, 0) is 15.9 Å². The van der Waals surface area contributed by atoms with E-state index in [0.29, 0.717) is 30.6 Å². The predicted molar refractivity (Wildman–Crippen MR) is 112 cm³/mol. The number of fused-ring (bicyclic) bond motifs is 1. The molecule has 2 heterocycles. The van der Waals surface area contributed by atoms with Gasteiger partial charge in [-0.3, -0.25) is 0 Å². The van der Waals surface area contributed by atoms with Gasteiger partial charge >= 0.3 is 5.97 Å². The SMILES string of the molecule is C=C1/C=C/CC/C=C/C[C@@H](C)OC(=O)c2c(O)cc(O)c(C3CCCCO3)c2C1. The first-order valence-corrected chi connectivity index (χ1v) is 10.4. The van der Waals surface area contributed by atoms with Crippen LogP contribution in [0.3, 0.4) is 0 Å². The van der Waals surface area contributed by atoms with Gasteiger partial charge in [0.1, 0.15) is 23.2 Å². The van der Waals surface area contributed by atoms with Crippen molar-refractivity contribution in [2.45, 2.75) is 64.1 Å². The molecule has 3 rings (SSSR count). The van der Waals surface area contributed by atoms with Gasteiger partial charge in [-0.15, -0.1) is 0 Å². The minimum atomic E-state index is -0.593.